The molecule has 1 aliphatic heterocycles. The normalized spacial score (nSPS) is 42.7. The standard InChI is InChI=1S/C19H25NO/c1-12-16-9-13-3-4-14(21)10-15(13)18(12,2)7-8-20(16)17-11-19(17)5-6-19/h3-4,10,12,16-17,21H,5-9,11H2,1-2H3/t12-,16?,17?,18-/m0/s1. The number of hydrogen-bond donors (Lipinski definition) is 1. The zero-order valence-electron chi connectivity index (χ0n) is 13.1. The van der Waals surface area contributed by atoms with Crippen molar-refractivity contribution in [3.63, 3.8) is 0 Å². The summed E-state index contributed by atoms with van der Waals surface area (Å²) >= 11 is 0. The van der Waals surface area contributed by atoms with Crippen molar-refractivity contribution in [3.8, 4) is 5.75 Å². The van der Waals surface area contributed by atoms with Crippen LogP contribution >= 0.6 is 0 Å². The second-order valence-corrected chi connectivity index (χ2v) is 8.39. The van der Waals surface area contributed by atoms with Crippen LogP contribution in [-0.2, 0) is 11.8 Å². The number of rotatable bonds is 1. The lowest BCUT2D eigenvalue weighted by atomic mass is 9.59. The van der Waals surface area contributed by atoms with Gasteiger partial charge in [0, 0.05) is 12.1 Å². The van der Waals surface area contributed by atoms with Gasteiger partial charge < -0.3 is 5.11 Å². The molecule has 1 heterocycles. The summed E-state index contributed by atoms with van der Waals surface area (Å²) in [5, 5.41) is 9.90. The zero-order valence-corrected chi connectivity index (χ0v) is 13.1. The number of fused-ring (bicyclic) bond motifs is 4. The molecule has 1 spiro atoms. The summed E-state index contributed by atoms with van der Waals surface area (Å²) in [5.74, 6) is 1.12. The van der Waals surface area contributed by atoms with E-state index in [4.69, 9.17) is 0 Å². The van der Waals surface area contributed by atoms with E-state index >= 15 is 0 Å². The van der Waals surface area contributed by atoms with Crippen LogP contribution in [0.2, 0.25) is 0 Å². The Balaban J connectivity index is 1.55. The summed E-state index contributed by atoms with van der Waals surface area (Å²) in [6, 6.07) is 7.69. The van der Waals surface area contributed by atoms with Gasteiger partial charge >= 0.3 is 0 Å². The van der Waals surface area contributed by atoms with E-state index in [0.29, 0.717) is 17.7 Å². The molecule has 1 N–H and O–H groups in total. The van der Waals surface area contributed by atoms with E-state index in [9.17, 15) is 5.11 Å². The molecule has 2 nitrogen and oxygen atoms in total. The van der Waals surface area contributed by atoms with Crippen molar-refractivity contribution >= 4 is 0 Å². The Kier molecular flexibility index (Phi) is 2.18. The molecule has 21 heavy (non-hydrogen) atoms. The van der Waals surface area contributed by atoms with Gasteiger partial charge in [-0.3, -0.25) is 4.90 Å². The van der Waals surface area contributed by atoms with Crippen molar-refractivity contribution in [1.82, 2.24) is 4.90 Å². The molecule has 1 aromatic carbocycles. The lowest BCUT2D eigenvalue weighted by Gasteiger charge is -2.55. The van der Waals surface area contributed by atoms with Gasteiger partial charge in [-0.25, -0.2) is 0 Å². The highest BCUT2D eigenvalue weighted by Gasteiger charge is 2.67. The molecular weight excluding hydrogens is 258 g/mol. The molecule has 4 atom stereocenters. The minimum Gasteiger partial charge on any atom is -0.508 e. The Morgan fingerprint density at radius 2 is 2.05 bits per heavy atom. The Labute approximate surface area is 127 Å². The molecule has 2 heteroatoms. The largest absolute Gasteiger partial charge is 0.508 e. The average molecular weight is 283 g/mol. The van der Waals surface area contributed by atoms with E-state index < -0.39 is 0 Å². The summed E-state index contributed by atoms with van der Waals surface area (Å²) in [6.45, 7) is 6.14. The molecule has 3 fully saturated rings. The number of benzene rings is 1. The van der Waals surface area contributed by atoms with Gasteiger partial charge in [-0.05, 0) is 78.7 Å². The molecule has 4 aliphatic rings. The molecule has 0 aromatic heterocycles. The topological polar surface area (TPSA) is 23.5 Å². The maximum atomic E-state index is 9.90. The molecule has 2 unspecified atom stereocenters. The predicted molar refractivity (Wildman–Crippen MR) is 83.5 cm³/mol. The third-order valence-corrected chi connectivity index (χ3v) is 7.47. The van der Waals surface area contributed by atoms with E-state index in [0.717, 1.165) is 11.5 Å². The third kappa shape index (κ3) is 1.52. The number of hydrogen-bond acceptors (Lipinski definition) is 2. The van der Waals surface area contributed by atoms with Gasteiger partial charge in [0.2, 0.25) is 0 Å². The fourth-order valence-electron chi connectivity index (χ4n) is 5.52. The van der Waals surface area contributed by atoms with Gasteiger partial charge in [0.1, 0.15) is 5.75 Å². The monoisotopic (exact) mass is 283 g/mol. The lowest BCUT2D eigenvalue weighted by molar-refractivity contribution is 0.0211. The van der Waals surface area contributed by atoms with Crippen LogP contribution in [0.3, 0.4) is 0 Å². The second kappa shape index (κ2) is 3.65. The molecule has 0 amide bonds. The molecule has 3 aliphatic carbocycles. The van der Waals surface area contributed by atoms with Gasteiger partial charge in [-0.15, -0.1) is 0 Å². The lowest BCUT2D eigenvalue weighted by Crippen LogP contribution is -2.58. The Bertz CT molecular complexity index is 620. The van der Waals surface area contributed by atoms with E-state index in [2.05, 4.69) is 24.8 Å². The molecule has 1 saturated heterocycles. The Morgan fingerprint density at radius 3 is 2.76 bits per heavy atom. The van der Waals surface area contributed by atoms with E-state index in [1.165, 1.54) is 49.8 Å². The van der Waals surface area contributed by atoms with Gasteiger partial charge in [0.25, 0.3) is 0 Å². The highest BCUT2D eigenvalue weighted by atomic mass is 16.3. The zero-order chi connectivity index (χ0) is 14.4. The smallest absolute Gasteiger partial charge is 0.115 e. The first kappa shape index (κ1) is 12.5. The van der Waals surface area contributed by atoms with Crippen LogP contribution in [0.5, 0.6) is 5.75 Å². The van der Waals surface area contributed by atoms with E-state index in [1.807, 2.05) is 12.1 Å². The first-order valence-corrected chi connectivity index (χ1v) is 8.62. The molecule has 0 radical (unpaired) electrons. The van der Waals surface area contributed by atoms with Crippen LogP contribution in [0, 0.1) is 11.3 Å². The molecule has 112 valence electrons. The average Bonchev–Trinajstić information content (AvgIpc) is 3.36. The highest BCUT2D eigenvalue weighted by molar-refractivity contribution is 5.44. The van der Waals surface area contributed by atoms with Crippen molar-refractivity contribution in [1.29, 1.82) is 0 Å². The molecule has 5 rings (SSSR count). The summed E-state index contributed by atoms with van der Waals surface area (Å²) in [4.78, 5) is 2.87. The van der Waals surface area contributed by atoms with Crippen LogP contribution in [0.15, 0.2) is 18.2 Å². The third-order valence-electron chi connectivity index (χ3n) is 7.47. The number of likely N-dealkylation sites (tertiary alicyclic amines) is 1. The van der Waals surface area contributed by atoms with Crippen molar-refractivity contribution in [2.24, 2.45) is 11.3 Å². The quantitative estimate of drug-likeness (QED) is 0.853. The van der Waals surface area contributed by atoms with Gasteiger partial charge in [0.15, 0.2) is 0 Å². The summed E-state index contributed by atoms with van der Waals surface area (Å²) in [6.07, 6.45) is 6.86. The van der Waals surface area contributed by atoms with Crippen LogP contribution in [0.1, 0.15) is 50.7 Å². The summed E-state index contributed by atoms with van der Waals surface area (Å²) < 4.78 is 0. The number of phenolic OH excluding ortho intramolecular Hbond substituents is 1. The first-order valence-electron chi connectivity index (χ1n) is 8.62. The van der Waals surface area contributed by atoms with Gasteiger partial charge in [0.05, 0.1) is 0 Å². The van der Waals surface area contributed by atoms with Crippen molar-refractivity contribution in [2.75, 3.05) is 6.54 Å². The number of nitrogens with zero attached hydrogens (tertiary/aromatic N) is 1. The number of piperidine rings is 1. The van der Waals surface area contributed by atoms with E-state index in [-0.39, 0.29) is 5.41 Å². The molecular formula is C19H25NO. The van der Waals surface area contributed by atoms with Gasteiger partial charge in [-0.1, -0.05) is 19.9 Å². The van der Waals surface area contributed by atoms with Crippen molar-refractivity contribution in [3.05, 3.63) is 29.3 Å². The predicted octanol–water partition coefficient (Wildman–Crippen LogP) is 3.47. The maximum absolute atomic E-state index is 9.90. The molecule has 2 saturated carbocycles. The minimum atomic E-state index is 0.249. The first-order chi connectivity index (χ1) is 10.0. The minimum absolute atomic E-state index is 0.249. The van der Waals surface area contributed by atoms with Crippen molar-refractivity contribution in [2.45, 2.75) is 63.5 Å². The fraction of sp³-hybridized carbons (Fsp3) is 0.684. The summed E-state index contributed by atoms with van der Waals surface area (Å²) in [5.41, 5.74) is 3.92. The SMILES string of the molecule is C[C@H]1C2Cc3ccc(O)cc3[C@@]1(C)CCN2C1CC12CC2. The van der Waals surface area contributed by atoms with Crippen LogP contribution < -0.4 is 0 Å². The highest BCUT2D eigenvalue weighted by Crippen LogP contribution is 2.69. The maximum Gasteiger partial charge on any atom is 0.115 e. The van der Waals surface area contributed by atoms with Crippen molar-refractivity contribution < 1.29 is 5.11 Å². The Morgan fingerprint density at radius 1 is 1.24 bits per heavy atom. The number of aromatic hydroxyl groups is 1. The molecule has 2 bridgehead atoms. The van der Waals surface area contributed by atoms with Gasteiger partial charge in [-0.2, -0.15) is 0 Å². The Hall–Kier alpha value is -1.02. The second-order valence-electron chi connectivity index (χ2n) is 8.39. The fourth-order valence-corrected chi connectivity index (χ4v) is 5.52. The van der Waals surface area contributed by atoms with Crippen LogP contribution in [-0.4, -0.2) is 28.6 Å². The van der Waals surface area contributed by atoms with Crippen LogP contribution in [0.4, 0.5) is 0 Å². The van der Waals surface area contributed by atoms with Crippen LogP contribution in [0.25, 0.3) is 0 Å². The summed E-state index contributed by atoms with van der Waals surface area (Å²) in [7, 11) is 0. The molecule has 1 aromatic rings. The number of phenols is 1. The van der Waals surface area contributed by atoms with E-state index in [1.54, 1.807) is 0 Å².